The summed E-state index contributed by atoms with van der Waals surface area (Å²) in [7, 11) is 0. The van der Waals surface area contributed by atoms with Gasteiger partial charge in [-0.3, -0.25) is 4.90 Å². The monoisotopic (exact) mass is 243 g/mol. The fourth-order valence-corrected chi connectivity index (χ4v) is 2.61. The van der Waals surface area contributed by atoms with E-state index in [0.717, 1.165) is 25.0 Å². The molecule has 15 heavy (non-hydrogen) atoms. The Hall–Kier alpha value is -0.0500. The smallest absolute Gasteiger partial charge is 0.0261 e. The normalized spacial score (nSPS) is 18.3. The van der Waals surface area contributed by atoms with Crippen molar-refractivity contribution in [3.63, 3.8) is 0 Å². The van der Waals surface area contributed by atoms with Gasteiger partial charge >= 0.3 is 0 Å². The molecule has 1 nitrogen and oxygen atoms in total. The van der Waals surface area contributed by atoms with E-state index < -0.39 is 0 Å². The van der Waals surface area contributed by atoms with E-state index in [0.29, 0.717) is 5.92 Å². The fraction of sp³-hybridized carbons (Fsp3) is 0.667. The van der Waals surface area contributed by atoms with Crippen molar-refractivity contribution in [3.05, 3.63) is 22.4 Å². The maximum absolute atomic E-state index is 5.88. The molecule has 0 aromatic carbocycles. The largest absolute Gasteiger partial charge is 0.296 e. The molecule has 84 valence electrons. The lowest BCUT2D eigenvalue weighted by atomic mass is 10.2. The number of alkyl halides is 1. The van der Waals surface area contributed by atoms with E-state index in [2.05, 4.69) is 28.7 Å². The fourth-order valence-electron chi connectivity index (χ4n) is 1.85. The Bertz CT molecular complexity index is 282. The summed E-state index contributed by atoms with van der Waals surface area (Å²) in [5.74, 6) is 1.37. The van der Waals surface area contributed by atoms with Crippen molar-refractivity contribution < 1.29 is 0 Å². The third kappa shape index (κ3) is 3.47. The van der Waals surface area contributed by atoms with Crippen LogP contribution in [0.1, 0.15) is 25.3 Å². The second-order valence-electron chi connectivity index (χ2n) is 4.55. The van der Waals surface area contributed by atoms with Gasteiger partial charge < -0.3 is 0 Å². The first kappa shape index (κ1) is 11.4. The summed E-state index contributed by atoms with van der Waals surface area (Å²) in [6, 6.07) is 3.06. The van der Waals surface area contributed by atoms with E-state index in [1.807, 2.05) is 0 Å². The van der Waals surface area contributed by atoms with Gasteiger partial charge in [-0.1, -0.05) is 6.92 Å². The molecule has 1 aromatic rings. The van der Waals surface area contributed by atoms with Crippen LogP contribution in [0.3, 0.4) is 0 Å². The number of thiophene rings is 1. The lowest BCUT2D eigenvalue weighted by Gasteiger charge is -2.24. The summed E-state index contributed by atoms with van der Waals surface area (Å²) in [5.41, 5.74) is 1.45. The predicted octanol–water partition coefficient (Wildman–Crippen LogP) is 3.59. The highest BCUT2D eigenvalue weighted by atomic mass is 35.5. The number of nitrogens with zero attached hydrogens (tertiary/aromatic N) is 1. The highest BCUT2D eigenvalue weighted by Crippen LogP contribution is 2.29. The van der Waals surface area contributed by atoms with Crippen LogP contribution in [0.25, 0.3) is 0 Å². The molecule has 1 aromatic heterocycles. The van der Waals surface area contributed by atoms with Crippen molar-refractivity contribution in [2.24, 2.45) is 5.92 Å². The molecule has 3 heteroatoms. The van der Waals surface area contributed by atoms with E-state index >= 15 is 0 Å². The van der Waals surface area contributed by atoms with Crippen molar-refractivity contribution in [1.29, 1.82) is 0 Å². The summed E-state index contributed by atoms with van der Waals surface area (Å²) in [6.45, 7) is 4.48. The van der Waals surface area contributed by atoms with Crippen molar-refractivity contribution in [1.82, 2.24) is 4.90 Å². The van der Waals surface area contributed by atoms with Crippen LogP contribution in [-0.2, 0) is 6.54 Å². The average Bonchev–Trinajstić information content (AvgIpc) is 2.97. The van der Waals surface area contributed by atoms with Crippen LogP contribution in [0.5, 0.6) is 0 Å². The quantitative estimate of drug-likeness (QED) is 0.691. The first-order valence-corrected chi connectivity index (χ1v) is 7.08. The second kappa shape index (κ2) is 5.33. The topological polar surface area (TPSA) is 3.24 Å². The van der Waals surface area contributed by atoms with Crippen LogP contribution in [0.4, 0.5) is 0 Å². The molecule has 0 amide bonds. The van der Waals surface area contributed by atoms with Gasteiger partial charge in [0.2, 0.25) is 0 Å². The summed E-state index contributed by atoms with van der Waals surface area (Å²) >= 11 is 7.66. The summed E-state index contributed by atoms with van der Waals surface area (Å²) < 4.78 is 0. The molecule has 0 radical (unpaired) electrons. The molecule has 2 rings (SSSR count). The lowest BCUT2D eigenvalue weighted by molar-refractivity contribution is 0.227. The molecule has 1 unspecified atom stereocenters. The number of rotatable bonds is 6. The highest BCUT2D eigenvalue weighted by Gasteiger charge is 2.29. The zero-order chi connectivity index (χ0) is 10.7. The molecule has 1 aliphatic carbocycles. The minimum absolute atomic E-state index is 0.603. The maximum Gasteiger partial charge on any atom is 0.0261 e. The Balaban J connectivity index is 1.88. The molecule has 1 saturated carbocycles. The van der Waals surface area contributed by atoms with Crippen LogP contribution in [0.15, 0.2) is 16.8 Å². The van der Waals surface area contributed by atoms with E-state index in [9.17, 15) is 0 Å². The van der Waals surface area contributed by atoms with Gasteiger partial charge in [0, 0.05) is 25.0 Å². The van der Waals surface area contributed by atoms with E-state index in [4.69, 9.17) is 11.6 Å². The molecular weight excluding hydrogens is 226 g/mol. The van der Waals surface area contributed by atoms with Crippen molar-refractivity contribution in [2.75, 3.05) is 12.4 Å². The second-order valence-corrected chi connectivity index (χ2v) is 5.64. The van der Waals surface area contributed by atoms with Gasteiger partial charge in [0.05, 0.1) is 0 Å². The van der Waals surface area contributed by atoms with Gasteiger partial charge in [0.15, 0.2) is 0 Å². The van der Waals surface area contributed by atoms with Crippen LogP contribution < -0.4 is 0 Å². The zero-order valence-electron chi connectivity index (χ0n) is 9.16. The molecule has 0 bridgehead atoms. The molecule has 1 heterocycles. The van der Waals surface area contributed by atoms with Crippen molar-refractivity contribution in [2.45, 2.75) is 32.4 Å². The van der Waals surface area contributed by atoms with E-state index in [-0.39, 0.29) is 0 Å². The average molecular weight is 244 g/mol. The van der Waals surface area contributed by atoms with E-state index in [1.165, 1.54) is 18.4 Å². The predicted molar refractivity (Wildman–Crippen MR) is 67.6 cm³/mol. The van der Waals surface area contributed by atoms with Gasteiger partial charge in [-0.15, -0.1) is 11.6 Å². The third-order valence-electron chi connectivity index (χ3n) is 2.84. The van der Waals surface area contributed by atoms with Gasteiger partial charge in [0.1, 0.15) is 0 Å². The minimum atomic E-state index is 0.603. The maximum atomic E-state index is 5.88. The summed E-state index contributed by atoms with van der Waals surface area (Å²) in [4.78, 5) is 2.59. The molecule has 0 aliphatic heterocycles. The van der Waals surface area contributed by atoms with Crippen LogP contribution >= 0.6 is 22.9 Å². The summed E-state index contributed by atoms with van der Waals surface area (Å²) in [6.07, 6.45) is 2.75. The number of hydrogen-bond acceptors (Lipinski definition) is 2. The van der Waals surface area contributed by atoms with E-state index in [1.54, 1.807) is 11.3 Å². The lowest BCUT2D eigenvalue weighted by Crippen LogP contribution is -2.30. The Morgan fingerprint density at radius 3 is 2.93 bits per heavy atom. The molecular formula is C12H18ClNS. The Morgan fingerprint density at radius 1 is 1.60 bits per heavy atom. The van der Waals surface area contributed by atoms with Crippen LogP contribution in [0.2, 0.25) is 0 Å². The van der Waals surface area contributed by atoms with Gasteiger partial charge in [-0.25, -0.2) is 0 Å². The summed E-state index contributed by atoms with van der Waals surface area (Å²) in [5, 5.41) is 4.41. The first-order valence-electron chi connectivity index (χ1n) is 5.60. The van der Waals surface area contributed by atoms with Crippen molar-refractivity contribution in [3.8, 4) is 0 Å². The third-order valence-corrected chi connectivity index (χ3v) is 4.10. The molecule has 0 N–H and O–H groups in total. The highest BCUT2D eigenvalue weighted by molar-refractivity contribution is 7.07. The Morgan fingerprint density at radius 2 is 2.40 bits per heavy atom. The number of halogens is 1. The molecule has 0 spiro atoms. The molecule has 1 atom stereocenters. The number of hydrogen-bond donors (Lipinski definition) is 0. The van der Waals surface area contributed by atoms with Gasteiger partial charge in [-0.2, -0.15) is 11.3 Å². The van der Waals surface area contributed by atoms with Gasteiger partial charge in [0.25, 0.3) is 0 Å². The standard InChI is InChI=1S/C12H18ClNS/c1-10(6-13)7-14(12-2-3-12)8-11-4-5-15-9-11/h4-5,9-10,12H,2-3,6-8H2,1H3. The first-order chi connectivity index (χ1) is 7.29. The SMILES string of the molecule is CC(CCl)CN(Cc1ccsc1)C1CC1. The Labute approximate surface area is 101 Å². The van der Waals surface area contributed by atoms with Crippen LogP contribution in [-0.4, -0.2) is 23.4 Å². The minimum Gasteiger partial charge on any atom is -0.296 e. The molecule has 0 saturated heterocycles. The molecule has 1 fully saturated rings. The zero-order valence-corrected chi connectivity index (χ0v) is 10.7. The van der Waals surface area contributed by atoms with Crippen molar-refractivity contribution >= 4 is 22.9 Å². The molecule has 1 aliphatic rings. The van der Waals surface area contributed by atoms with Crippen LogP contribution in [0, 0.1) is 5.92 Å². The van der Waals surface area contributed by atoms with Gasteiger partial charge in [-0.05, 0) is 41.1 Å². The Kier molecular flexibility index (Phi) is 4.06.